The quantitative estimate of drug-likeness (QED) is 0.228. The Morgan fingerprint density at radius 1 is 0.879 bits per heavy atom. The van der Waals surface area contributed by atoms with Crippen LogP contribution in [0.2, 0.25) is 0 Å². The van der Waals surface area contributed by atoms with Crippen LogP contribution in [0.5, 0.6) is 0 Å². The highest BCUT2D eigenvalue weighted by Gasteiger charge is 2.22. The Hall–Kier alpha value is -2.17. The molecule has 2 amide bonds. The molecule has 0 saturated heterocycles. The van der Waals surface area contributed by atoms with E-state index in [-0.39, 0.29) is 11.8 Å². The molecule has 184 valence electrons. The Morgan fingerprint density at radius 2 is 1.42 bits per heavy atom. The molecule has 5 nitrogen and oxygen atoms in total. The van der Waals surface area contributed by atoms with Gasteiger partial charge in [0.05, 0.1) is 12.1 Å². The van der Waals surface area contributed by atoms with Gasteiger partial charge in [0.15, 0.2) is 0 Å². The zero-order valence-electron chi connectivity index (χ0n) is 21.0. The summed E-state index contributed by atoms with van der Waals surface area (Å²) in [5.74, 6) is 0.00283. The van der Waals surface area contributed by atoms with Gasteiger partial charge in [-0.1, -0.05) is 103 Å². The van der Waals surface area contributed by atoms with Gasteiger partial charge < -0.3 is 5.32 Å². The Kier molecular flexibility index (Phi) is 13.5. The van der Waals surface area contributed by atoms with Crippen molar-refractivity contribution < 1.29 is 9.59 Å². The summed E-state index contributed by atoms with van der Waals surface area (Å²) in [4.78, 5) is 24.3. The van der Waals surface area contributed by atoms with Crippen molar-refractivity contribution in [3.8, 4) is 0 Å². The van der Waals surface area contributed by atoms with Crippen molar-refractivity contribution in [1.82, 2.24) is 0 Å². The van der Waals surface area contributed by atoms with Gasteiger partial charge in [-0.2, -0.15) is 5.10 Å². The molecule has 0 spiro atoms. The Balaban J connectivity index is 1.46. The van der Waals surface area contributed by atoms with E-state index >= 15 is 0 Å². The highest BCUT2D eigenvalue weighted by Crippen LogP contribution is 2.24. The van der Waals surface area contributed by atoms with Crippen LogP contribution in [-0.4, -0.2) is 17.5 Å². The molecular formula is C28H45N3O2. The monoisotopic (exact) mass is 455 g/mol. The lowest BCUT2D eigenvalue weighted by atomic mass is 10.0. The molecule has 0 radical (unpaired) electrons. The van der Waals surface area contributed by atoms with Gasteiger partial charge in [0.2, 0.25) is 5.91 Å². The predicted octanol–water partition coefficient (Wildman–Crippen LogP) is 8.00. The summed E-state index contributed by atoms with van der Waals surface area (Å²) in [6, 6.07) is 7.34. The van der Waals surface area contributed by atoms with Crippen LogP contribution < -0.4 is 10.3 Å². The number of benzene rings is 1. The number of hydrogen-bond acceptors (Lipinski definition) is 3. The first-order valence-corrected chi connectivity index (χ1v) is 13.4. The summed E-state index contributed by atoms with van der Waals surface area (Å²) in [5.41, 5.74) is 2.22. The van der Waals surface area contributed by atoms with Crippen LogP contribution in [0.1, 0.15) is 123 Å². The van der Waals surface area contributed by atoms with E-state index < -0.39 is 0 Å². The van der Waals surface area contributed by atoms with Crippen LogP contribution in [0.25, 0.3) is 0 Å². The SMILES string of the molecule is CCCCCCCCCCCCCCCCCC(=O)Nc1cccc(N2N=C(C)CC2=O)c1. The zero-order chi connectivity index (χ0) is 23.7. The van der Waals surface area contributed by atoms with Crippen molar-refractivity contribution in [3.05, 3.63) is 24.3 Å². The second kappa shape index (κ2) is 16.4. The minimum Gasteiger partial charge on any atom is -0.326 e. The zero-order valence-corrected chi connectivity index (χ0v) is 21.0. The van der Waals surface area contributed by atoms with Crippen LogP contribution in [0, 0.1) is 0 Å². The summed E-state index contributed by atoms with van der Waals surface area (Å²) in [5, 5.41) is 8.64. The fraction of sp³-hybridized carbons (Fsp3) is 0.679. The molecule has 5 heteroatoms. The number of hydrazone groups is 1. The maximum absolute atomic E-state index is 12.3. The highest BCUT2D eigenvalue weighted by atomic mass is 16.2. The summed E-state index contributed by atoms with van der Waals surface area (Å²) >= 11 is 0. The normalized spacial score (nSPS) is 13.5. The molecule has 1 heterocycles. The van der Waals surface area contributed by atoms with Crippen LogP contribution in [0.4, 0.5) is 11.4 Å². The van der Waals surface area contributed by atoms with E-state index in [2.05, 4.69) is 17.3 Å². The minimum atomic E-state index is -0.0335. The van der Waals surface area contributed by atoms with Gasteiger partial charge in [-0.25, -0.2) is 5.01 Å². The molecule has 0 fully saturated rings. The largest absolute Gasteiger partial charge is 0.326 e. The van der Waals surface area contributed by atoms with Gasteiger partial charge in [-0.15, -0.1) is 0 Å². The number of hydrogen-bond donors (Lipinski definition) is 1. The van der Waals surface area contributed by atoms with Gasteiger partial charge >= 0.3 is 0 Å². The van der Waals surface area contributed by atoms with Crippen LogP contribution in [-0.2, 0) is 9.59 Å². The molecule has 0 bridgehead atoms. The number of carbonyl (C=O) groups excluding carboxylic acids is 2. The molecule has 33 heavy (non-hydrogen) atoms. The van der Waals surface area contributed by atoms with Crippen molar-refractivity contribution >= 4 is 28.9 Å². The van der Waals surface area contributed by atoms with Crippen LogP contribution in [0.15, 0.2) is 29.4 Å². The van der Waals surface area contributed by atoms with Gasteiger partial charge in [-0.05, 0) is 31.5 Å². The first-order chi connectivity index (χ1) is 16.1. The first kappa shape index (κ1) is 27.1. The first-order valence-electron chi connectivity index (χ1n) is 13.4. The van der Waals surface area contributed by atoms with Crippen molar-refractivity contribution in [1.29, 1.82) is 0 Å². The molecule has 1 aliphatic heterocycles. The smallest absolute Gasteiger partial charge is 0.253 e. The number of carbonyl (C=O) groups is 2. The van der Waals surface area contributed by atoms with Crippen molar-refractivity contribution in [2.45, 2.75) is 123 Å². The van der Waals surface area contributed by atoms with E-state index in [1.54, 1.807) is 0 Å². The molecule has 0 unspecified atom stereocenters. The average molecular weight is 456 g/mol. The van der Waals surface area contributed by atoms with Gasteiger partial charge in [0.25, 0.3) is 5.91 Å². The summed E-state index contributed by atoms with van der Waals surface area (Å²) in [6.45, 7) is 4.12. The lowest BCUT2D eigenvalue weighted by molar-refractivity contribution is -0.117. The predicted molar refractivity (Wildman–Crippen MR) is 140 cm³/mol. The van der Waals surface area contributed by atoms with E-state index in [1.807, 2.05) is 31.2 Å². The molecule has 0 aromatic heterocycles. The number of nitrogens with one attached hydrogen (secondary N) is 1. The number of nitrogens with zero attached hydrogens (tertiary/aromatic N) is 2. The van der Waals surface area contributed by atoms with Crippen molar-refractivity contribution in [2.75, 3.05) is 10.3 Å². The fourth-order valence-electron chi connectivity index (χ4n) is 4.35. The van der Waals surface area contributed by atoms with Crippen molar-refractivity contribution in [3.63, 3.8) is 0 Å². The third-order valence-electron chi connectivity index (χ3n) is 6.30. The summed E-state index contributed by atoms with van der Waals surface area (Å²) < 4.78 is 0. The topological polar surface area (TPSA) is 61.8 Å². The lowest BCUT2D eigenvalue weighted by Crippen LogP contribution is -2.20. The van der Waals surface area contributed by atoms with Crippen LogP contribution in [0.3, 0.4) is 0 Å². The molecule has 2 rings (SSSR count). The number of rotatable bonds is 18. The number of amides is 2. The Morgan fingerprint density at radius 3 is 1.94 bits per heavy atom. The Bertz CT molecular complexity index is 744. The molecule has 1 aliphatic rings. The summed E-state index contributed by atoms with van der Waals surface area (Å²) in [6.07, 6.45) is 20.7. The average Bonchev–Trinajstić information content (AvgIpc) is 3.14. The summed E-state index contributed by atoms with van der Waals surface area (Å²) in [7, 11) is 0. The third kappa shape index (κ3) is 11.5. The van der Waals surface area contributed by atoms with E-state index in [0.29, 0.717) is 24.2 Å². The second-order valence-corrected chi connectivity index (χ2v) is 9.52. The van der Waals surface area contributed by atoms with E-state index in [4.69, 9.17) is 0 Å². The maximum atomic E-state index is 12.3. The molecule has 0 atom stereocenters. The van der Waals surface area contributed by atoms with E-state index in [9.17, 15) is 9.59 Å². The standard InChI is InChI=1S/C28H45N3O2/c1-3-4-5-6-7-8-9-10-11-12-13-14-15-16-17-21-27(32)29-25-19-18-20-26(23-25)31-28(33)22-24(2)30-31/h18-20,23H,3-17,21-22H2,1-2H3,(H,29,32). The molecule has 0 saturated carbocycles. The Labute approximate surface area is 201 Å². The van der Waals surface area contributed by atoms with Gasteiger partial charge in [0, 0.05) is 17.8 Å². The molecule has 1 N–H and O–H groups in total. The van der Waals surface area contributed by atoms with Crippen molar-refractivity contribution in [2.24, 2.45) is 5.10 Å². The number of unbranched alkanes of at least 4 members (excludes halogenated alkanes) is 14. The van der Waals surface area contributed by atoms with E-state index in [0.717, 1.165) is 18.6 Å². The minimum absolute atomic E-state index is 0.0335. The molecular weight excluding hydrogens is 410 g/mol. The van der Waals surface area contributed by atoms with Gasteiger partial charge in [-0.3, -0.25) is 9.59 Å². The highest BCUT2D eigenvalue weighted by molar-refractivity contribution is 6.12. The second-order valence-electron chi connectivity index (χ2n) is 9.52. The fourth-order valence-corrected chi connectivity index (χ4v) is 4.35. The van der Waals surface area contributed by atoms with Crippen LogP contribution >= 0.6 is 0 Å². The molecule has 0 aliphatic carbocycles. The third-order valence-corrected chi connectivity index (χ3v) is 6.30. The maximum Gasteiger partial charge on any atom is 0.253 e. The molecule has 1 aromatic rings. The lowest BCUT2D eigenvalue weighted by Gasteiger charge is -2.13. The van der Waals surface area contributed by atoms with Gasteiger partial charge in [0.1, 0.15) is 0 Å². The number of anilines is 2. The molecule has 1 aromatic carbocycles. The van der Waals surface area contributed by atoms with E-state index in [1.165, 1.54) is 88.5 Å².